The highest BCUT2D eigenvalue weighted by Gasteiger charge is 2.50. The van der Waals surface area contributed by atoms with Crippen LogP contribution in [-0.4, -0.2) is 25.6 Å². The van der Waals surface area contributed by atoms with Crippen LogP contribution in [0.25, 0.3) is 0 Å². The summed E-state index contributed by atoms with van der Waals surface area (Å²) in [6.07, 6.45) is 10.2. The van der Waals surface area contributed by atoms with Gasteiger partial charge in [-0.2, -0.15) is 0 Å². The molecule has 6 heteroatoms. The van der Waals surface area contributed by atoms with Crippen LogP contribution in [-0.2, 0) is 18.6 Å². The van der Waals surface area contributed by atoms with Crippen LogP contribution in [0.4, 0.5) is 0 Å². The lowest BCUT2D eigenvalue weighted by Crippen LogP contribution is -2.27. The highest BCUT2D eigenvalue weighted by Crippen LogP contribution is 2.46. The van der Waals surface area contributed by atoms with E-state index in [4.69, 9.17) is 15.1 Å². The molecule has 0 spiro atoms. The highest BCUT2D eigenvalue weighted by molar-refractivity contribution is 7.10. The quantitative estimate of drug-likeness (QED) is 0.520. The number of hydrogen-bond acceptors (Lipinski definition) is 4. The molecule has 3 aliphatic rings. The van der Waals surface area contributed by atoms with Crippen molar-refractivity contribution in [3.8, 4) is 0 Å². The summed E-state index contributed by atoms with van der Waals surface area (Å²) >= 11 is 0. The van der Waals surface area contributed by atoms with E-state index in [2.05, 4.69) is 9.47 Å². The molecule has 22 heavy (non-hydrogen) atoms. The maximum absolute atomic E-state index is 11.6. The van der Waals surface area contributed by atoms with Gasteiger partial charge < -0.3 is 13.8 Å². The Bertz CT molecular complexity index is 406. The molecule has 2 unspecified atom stereocenters. The van der Waals surface area contributed by atoms with Crippen LogP contribution in [0, 0.1) is 17.8 Å². The maximum atomic E-state index is 11.6. The molecule has 0 radical (unpaired) electrons. The molecule has 0 aromatic heterocycles. The van der Waals surface area contributed by atoms with E-state index < -0.39 is 0 Å². The van der Waals surface area contributed by atoms with Gasteiger partial charge in [0.1, 0.15) is 6.10 Å². The van der Waals surface area contributed by atoms with Gasteiger partial charge in [0.2, 0.25) is 0 Å². The number of hydrogen-bond donors (Lipinski definition) is 0. The number of rotatable bonds is 7. The maximum Gasteiger partial charge on any atom is 0.306 e. The second kappa shape index (κ2) is 7.88. The normalized spacial score (nSPS) is 38.2. The smallest absolute Gasteiger partial charge is 0.306 e. The zero-order chi connectivity index (χ0) is 16.2. The minimum atomic E-state index is -0.246. The number of esters is 1. The van der Waals surface area contributed by atoms with E-state index in [1.54, 1.807) is 0 Å². The molecule has 2 aliphatic carbocycles. The third-order valence-electron chi connectivity index (χ3n) is 5.94. The van der Waals surface area contributed by atoms with Gasteiger partial charge in [-0.1, -0.05) is 19.3 Å². The third kappa shape index (κ3) is 3.66. The Balaban J connectivity index is 1.58. The van der Waals surface area contributed by atoms with Crippen molar-refractivity contribution in [1.29, 1.82) is 1.28 Å². The van der Waals surface area contributed by atoms with Gasteiger partial charge in [-0.25, -0.2) is 0 Å². The lowest BCUT2D eigenvalue weighted by atomic mass is 9.81. The van der Waals surface area contributed by atoms with Gasteiger partial charge in [0, 0.05) is 31.2 Å². The van der Waals surface area contributed by atoms with E-state index >= 15 is 0 Å². The number of fused-ring (bicyclic) bond motifs is 1. The molecule has 1 heterocycles. The van der Waals surface area contributed by atoms with Crippen molar-refractivity contribution in [2.75, 3.05) is 0 Å². The summed E-state index contributed by atoms with van der Waals surface area (Å²) in [5, 5.41) is 0. The van der Waals surface area contributed by atoms with Crippen LogP contribution in [0.15, 0.2) is 0 Å². The first-order valence-electron chi connectivity index (χ1n) is 9.10. The number of ether oxygens (including phenoxy) is 1. The minimum absolute atomic E-state index is 0.0129. The van der Waals surface area contributed by atoms with Gasteiger partial charge in [0.15, 0.2) is 0 Å². The lowest BCUT2D eigenvalue weighted by Gasteiger charge is -2.31. The molecular formula is C16H28O4P2. The first kappa shape index (κ1) is 15.8. The highest BCUT2D eigenvalue weighted by atomic mass is 31.0. The van der Waals surface area contributed by atoms with Gasteiger partial charge in [0.25, 0.3) is 0 Å². The van der Waals surface area contributed by atoms with E-state index in [1.165, 1.54) is 32.1 Å². The molecule has 0 aromatic rings. The van der Waals surface area contributed by atoms with Crippen molar-refractivity contribution >= 4 is 24.8 Å². The van der Waals surface area contributed by atoms with Gasteiger partial charge in [-0.05, 0) is 37.5 Å². The van der Waals surface area contributed by atoms with Crippen molar-refractivity contribution in [3.05, 3.63) is 0 Å². The third-order valence-corrected chi connectivity index (χ3v) is 6.59. The molecule has 0 N–H and O–H groups in total. The zero-order valence-corrected chi connectivity index (χ0v) is 15.2. The predicted octanol–water partition coefficient (Wildman–Crippen LogP) is 3.65. The average Bonchev–Trinajstić information content (AvgIpc) is 3.06. The predicted molar refractivity (Wildman–Crippen MR) is 91.1 cm³/mol. The standard InChI is InChI=1S/C16H28O4P2/c17-16-8-12-11(15(20-22)9-14(12)18-16)6-7-13(19-21)10-4-2-1-3-5-10/h10-15H,1-9,21-22H2/t11-,12-,13-,14+,15-/m1/s1/i22T/t11-,12-,13-,14+,15-,22?. The lowest BCUT2D eigenvalue weighted by molar-refractivity contribution is -0.141. The minimum Gasteiger partial charge on any atom is -0.462 e. The molecule has 1 saturated heterocycles. The molecule has 4 nitrogen and oxygen atoms in total. The van der Waals surface area contributed by atoms with Crippen molar-refractivity contribution in [1.82, 2.24) is 0 Å². The zero-order valence-electron chi connectivity index (χ0n) is 14.0. The summed E-state index contributed by atoms with van der Waals surface area (Å²) < 4.78 is 24.2. The fourth-order valence-electron chi connectivity index (χ4n) is 4.77. The Kier molecular flexibility index (Phi) is 5.65. The molecule has 7 atom stereocenters. The Hall–Kier alpha value is 0.250. The molecule has 1 aliphatic heterocycles. The van der Waals surface area contributed by atoms with Crippen molar-refractivity contribution < 1.29 is 18.6 Å². The van der Waals surface area contributed by atoms with Crippen LogP contribution in [0.2, 0.25) is 0 Å². The summed E-state index contributed by atoms with van der Waals surface area (Å²) in [6.45, 7) is 0. The first-order valence-corrected chi connectivity index (χ1v) is 9.48. The molecular weight excluding hydrogens is 318 g/mol. The van der Waals surface area contributed by atoms with Crippen LogP contribution in [0.1, 0.15) is 57.8 Å². The summed E-state index contributed by atoms with van der Waals surface area (Å²) in [7, 11) is 2.21. The summed E-state index contributed by atoms with van der Waals surface area (Å²) in [5.41, 5.74) is 0. The molecule has 0 amide bonds. The molecule has 126 valence electrons. The SMILES string of the molecule is [3H]PO[C@@H]1C[C@@H]2OC(=O)C[C@@H]2[C@H]1CC[C@@H](OP)C1CCCCC1. The Labute approximate surface area is 139 Å². The summed E-state index contributed by atoms with van der Waals surface area (Å²) in [6, 6.07) is 0. The average molecular weight is 348 g/mol. The first-order chi connectivity index (χ1) is 11.2. The Morgan fingerprint density at radius 3 is 2.91 bits per heavy atom. The number of carbonyl (C=O) groups excluding carboxylic acids is 1. The number of carbonyl (C=O) groups is 1. The Morgan fingerprint density at radius 2 is 2.18 bits per heavy atom. The van der Waals surface area contributed by atoms with Crippen molar-refractivity contribution in [2.45, 2.75) is 76.1 Å². The summed E-state index contributed by atoms with van der Waals surface area (Å²) in [5.74, 6) is 1.20. The van der Waals surface area contributed by atoms with Gasteiger partial charge >= 0.3 is 5.97 Å². The van der Waals surface area contributed by atoms with Gasteiger partial charge in [-0.15, -0.1) is 0 Å². The second-order valence-electron chi connectivity index (χ2n) is 7.10. The van der Waals surface area contributed by atoms with Crippen molar-refractivity contribution in [2.24, 2.45) is 17.8 Å². The monoisotopic (exact) mass is 348 g/mol. The van der Waals surface area contributed by atoms with E-state index in [-0.39, 0.29) is 39.6 Å². The van der Waals surface area contributed by atoms with Crippen LogP contribution in [0.3, 0.4) is 0 Å². The van der Waals surface area contributed by atoms with Crippen molar-refractivity contribution in [3.63, 3.8) is 0 Å². The topological polar surface area (TPSA) is 44.8 Å². The van der Waals surface area contributed by atoms with E-state index in [9.17, 15) is 4.79 Å². The van der Waals surface area contributed by atoms with E-state index in [0.29, 0.717) is 18.3 Å². The van der Waals surface area contributed by atoms with E-state index in [1.807, 2.05) is 0 Å². The van der Waals surface area contributed by atoms with Crippen LogP contribution >= 0.6 is 18.9 Å². The molecule has 3 fully saturated rings. The molecule has 0 aromatic carbocycles. The summed E-state index contributed by atoms with van der Waals surface area (Å²) in [4.78, 5) is 11.6. The van der Waals surface area contributed by atoms with Crippen LogP contribution in [0.5, 0.6) is 0 Å². The molecule has 0 bridgehead atoms. The second-order valence-corrected chi connectivity index (χ2v) is 7.61. The van der Waals surface area contributed by atoms with Gasteiger partial charge in [-0.3, -0.25) is 4.79 Å². The fourth-order valence-corrected chi connectivity index (χ4v) is 5.40. The van der Waals surface area contributed by atoms with Gasteiger partial charge in [0.05, 0.1) is 19.9 Å². The largest absolute Gasteiger partial charge is 0.462 e. The molecule has 3 rings (SSSR count). The fraction of sp³-hybridized carbons (Fsp3) is 0.938. The van der Waals surface area contributed by atoms with Crippen LogP contribution < -0.4 is 0 Å². The molecule has 2 saturated carbocycles. The Morgan fingerprint density at radius 1 is 1.36 bits per heavy atom. The van der Waals surface area contributed by atoms with E-state index in [0.717, 1.165) is 19.3 Å².